The van der Waals surface area contributed by atoms with Crippen molar-refractivity contribution in [2.24, 2.45) is 0 Å². The molecule has 204 valence electrons. The molecule has 0 unspecified atom stereocenters. The molecule has 0 aliphatic heterocycles. The Hall–Kier alpha value is -5.72. The molecule has 1 aliphatic carbocycles. The van der Waals surface area contributed by atoms with Crippen molar-refractivity contribution in [3.8, 4) is 66.8 Å². The maximum atomic E-state index is 2.38. The minimum Gasteiger partial charge on any atom is -0.0622 e. The molecule has 44 heavy (non-hydrogen) atoms. The third-order valence-corrected chi connectivity index (χ3v) is 9.22. The molecule has 1 aliphatic rings. The number of rotatable bonds is 4. The van der Waals surface area contributed by atoms with Gasteiger partial charge in [-0.15, -0.1) is 0 Å². The minimum atomic E-state index is 1.23. The van der Waals surface area contributed by atoms with Crippen LogP contribution >= 0.6 is 0 Å². The molecule has 0 bridgehead atoms. The van der Waals surface area contributed by atoms with Crippen LogP contribution in [0.2, 0.25) is 0 Å². The summed E-state index contributed by atoms with van der Waals surface area (Å²) in [4.78, 5) is 0. The normalized spacial score (nSPS) is 11.6. The fraction of sp³-hybridized carbons (Fsp3) is 0. The molecule has 0 nitrogen and oxygen atoms in total. The first-order chi connectivity index (χ1) is 21.9. The van der Waals surface area contributed by atoms with Crippen LogP contribution in [0.5, 0.6) is 0 Å². The summed E-state index contributed by atoms with van der Waals surface area (Å²) in [5.41, 5.74) is 15.4. The van der Waals surface area contributed by atoms with Crippen LogP contribution in [0.3, 0.4) is 0 Å². The summed E-state index contributed by atoms with van der Waals surface area (Å²) in [5, 5.41) is 5.21. The molecule has 8 aromatic rings. The van der Waals surface area contributed by atoms with Gasteiger partial charge in [-0.1, -0.05) is 170 Å². The van der Waals surface area contributed by atoms with Gasteiger partial charge in [0, 0.05) is 0 Å². The monoisotopic (exact) mass is 556 g/mol. The van der Waals surface area contributed by atoms with E-state index in [1.54, 1.807) is 0 Å². The van der Waals surface area contributed by atoms with Gasteiger partial charge in [-0.25, -0.2) is 0 Å². The van der Waals surface area contributed by atoms with Gasteiger partial charge in [0.05, 0.1) is 0 Å². The highest BCUT2D eigenvalue weighted by atomic mass is 14.3. The SMILES string of the molecule is c1ccc(-c2ccccc2-c2ccc3c4c(cccc24)-c2c-3c(-c3ccccc3)c3ccccc3c2-c2ccccc2)cc1. The van der Waals surface area contributed by atoms with Crippen LogP contribution < -0.4 is 0 Å². The first-order valence-electron chi connectivity index (χ1n) is 15.3. The molecule has 0 spiro atoms. The molecule has 0 amide bonds. The summed E-state index contributed by atoms with van der Waals surface area (Å²) < 4.78 is 0. The van der Waals surface area contributed by atoms with Crippen LogP contribution in [0, 0.1) is 0 Å². The van der Waals surface area contributed by atoms with Gasteiger partial charge in [-0.2, -0.15) is 0 Å². The number of hydrogen-bond donors (Lipinski definition) is 0. The second-order valence-electron chi connectivity index (χ2n) is 11.6. The zero-order valence-electron chi connectivity index (χ0n) is 24.2. The van der Waals surface area contributed by atoms with Gasteiger partial charge >= 0.3 is 0 Å². The zero-order chi connectivity index (χ0) is 29.0. The van der Waals surface area contributed by atoms with Crippen LogP contribution in [0.15, 0.2) is 170 Å². The van der Waals surface area contributed by atoms with Gasteiger partial charge in [-0.05, 0) is 88.3 Å². The molecule has 0 atom stereocenters. The Morgan fingerprint density at radius 3 is 1.20 bits per heavy atom. The average molecular weight is 557 g/mol. The van der Waals surface area contributed by atoms with Crippen LogP contribution in [-0.2, 0) is 0 Å². The Morgan fingerprint density at radius 2 is 0.614 bits per heavy atom. The summed E-state index contributed by atoms with van der Waals surface area (Å²) in [6.45, 7) is 0. The van der Waals surface area contributed by atoms with E-state index in [4.69, 9.17) is 0 Å². The van der Waals surface area contributed by atoms with Crippen LogP contribution in [0.1, 0.15) is 0 Å². The number of fused-ring (bicyclic) bond motifs is 4. The van der Waals surface area contributed by atoms with Crippen molar-refractivity contribution < 1.29 is 0 Å². The standard InChI is InChI=1S/C44H28/c1-4-15-29(16-5-1)32-21-10-11-22-33(32)34-27-28-39-42-35(34)25-14-26-38(42)43-40(30-17-6-2-7-18-30)36-23-12-13-24-37(36)41(44(39)43)31-19-8-3-9-20-31/h1-28H. The Bertz CT molecular complexity index is 2260. The second kappa shape index (κ2) is 9.93. The van der Waals surface area contributed by atoms with E-state index in [1.165, 1.54) is 88.3 Å². The highest BCUT2D eigenvalue weighted by molar-refractivity contribution is 6.29. The predicted octanol–water partition coefficient (Wildman–Crippen LogP) is 12.3. The zero-order valence-corrected chi connectivity index (χ0v) is 24.2. The number of hydrogen-bond acceptors (Lipinski definition) is 0. The maximum absolute atomic E-state index is 2.38. The number of benzene rings is 8. The van der Waals surface area contributed by atoms with Crippen molar-refractivity contribution in [3.05, 3.63) is 170 Å². The maximum Gasteiger partial charge on any atom is -0.000741 e. The first-order valence-corrected chi connectivity index (χ1v) is 15.3. The molecule has 0 radical (unpaired) electrons. The van der Waals surface area contributed by atoms with Crippen LogP contribution in [0.25, 0.3) is 88.3 Å². The van der Waals surface area contributed by atoms with Gasteiger partial charge in [0.2, 0.25) is 0 Å². The Labute approximate surface area is 257 Å². The van der Waals surface area contributed by atoms with Crippen LogP contribution in [-0.4, -0.2) is 0 Å². The molecule has 8 aromatic carbocycles. The molecule has 0 saturated carbocycles. The first kappa shape index (κ1) is 24.8. The highest BCUT2D eigenvalue weighted by Crippen LogP contribution is 2.58. The molecule has 0 saturated heterocycles. The van der Waals surface area contributed by atoms with E-state index >= 15 is 0 Å². The Morgan fingerprint density at radius 1 is 0.205 bits per heavy atom. The molecule has 0 heterocycles. The van der Waals surface area contributed by atoms with Crippen molar-refractivity contribution in [1.29, 1.82) is 0 Å². The van der Waals surface area contributed by atoms with Gasteiger partial charge in [0.25, 0.3) is 0 Å². The van der Waals surface area contributed by atoms with E-state index in [-0.39, 0.29) is 0 Å². The minimum absolute atomic E-state index is 1.23. The quantitative estimate of drug-likeness (QED) is 0.202. The third kappa shape index (κ3) is 3.65. The average Bonchev–Trinajstić information content (AvgIpc) is 3.43. The van der Waals surface area contributed by atoms with E-state index in [0.29, 0.717) is 0 Å². The van der Waals surface area contributed by atoms with Gasteiger partial charge < -0.3 is 0 Å². The molecular weight excluding hydrogens is 528 g/mol. The topological polar surface area (TPSA) is 0 Å². The molecular formula is C44H28. The Balaban J connectivity index is 1.43. The summed E-state index contributed by atoms with van der Waals surface area (Å²) in [6, 6.07) is 62.0. The van der Waals surface area contributed by atoms with Gasteiger partial charge in [0.1, 0.15) is 0 Å². The van der Waals surface area contributed by atoms with Crippen molar-refractivity contribution in [2.45, 2.75) is 0 Å². The van der Waals surface area contributed by atoms with E-state index in [0.717, 1.165) is 0 Å². The summed E-state index contributed by atoms with van der Waals surface area (Å²) >= 11 is 0. The van der Waals surface area contributed by atoms with Crippen LogP contribution in [0.4, 0.5) is 0 Å². The predicted molar refractivity (Wildman–Crippen MR) is 188 cm³/mol. The lowest BCUT2D eigenvalue weighted by atomic mass is 9.82. The third-order valence-electron chi connectivity index (χ3n) is 9.22. The molecule has 9 rings (SSSR count). The van der Waals surface area contributed by atoms with Crippen molar-refractivity contribution in [2.75, 3.05) is 0 Å². The van der Waals surface area contributed by atoms with Crippen molar-refractivity contribution in [1.82, 2.24) is 0 Å². The molecule has 0 N–H and O–H groups in total. The molecule has 0 heteroatoms. The second-order valence-corrected chi connectivity index (χ2v) is 11.6. The highest BCUT2D eigenvalue weighted by Gasteiger charge is 2.31. The summed E-state index contributed by atoms with van der Waals surface area (Å²) in [7, 11) is 0. The largest absolute Gasteiger partial charge is 0.0622 e. The summed E-state index contributed by atoms with van der Waals surface area (Å²) in [6.07, 6.45) is 0. The lowest BCUT2D eigenvalue weighted by Gasteiger charge is -2.20. The Kier molecular flexibility index (Phi) is 5.61. The fourth-order valence-corrected chi connectivity index (χ4v) is 7.43. The molecule has 0 fully saturated rings. The lowest BCUT2D eigenvalue weighted by Crippen LogP contribution is -1.93. The van der Waals surface area contributed by atoms with Gasteiger partial charge in [0.15, 0.2) is 0 Å². The van der Waals surface area contributed by atoms with E-state index in [2.05, 4.69) is 170 Å². The summed E-state index contributed by atoms with van der Waals surface area (Å²) in [5.74, 6) is 0. The van der Waals surface area contributed by atoms with Gasteiger partial charge in [-0.3, -0.25) is 0 Å². The van der Waals surface area contributed by atoms with E-state index in [9.17, 15) is 0 Å². The van der Waals surface area contributed by atoms with Crippen molar-refractivity contribution >= 4 is 21.5 Å². The lowest BCUT2D eigenvalue weighted by molar-refractivity contribution is 1.60. The van der Waals surface area contributed by atoms with E-state index in [1.807, 2.05) is 0 Å². The van der Waals surface area contributed by atoms with E-state index < -0.39 is 0 Å². The molecule has 0 aromatic heterocycles. The fourth-order valence-electron chi connectivity index (χ4n) is 7.43. The van der Waals surface area contributed by atoms with Crippen molar-refractivity contribution in [3.63, 3.8) is 0 Å². The smallest absolute Gasteiger partial charge is 0.000741 e.